The molecule has 0 saturated carbocycles. The molecule has 2 N–H and O–H groups in total. The van der Waals surface area contributed by atoms with E-state index in [1.54, 1.807) is 0 Å². The Morgan fingerprint density at radius 2 is 0.600 bits per heavy atom. The van der Waals surface area contributed by atoms with Gasteiger partial charge in [-0.1, -0.05) is 0 Å². The predicted molar refractivity (Wildman–Crippen MR) is 24.6 cm³/mol. The van der Waals surface area contributed by atoms with Crippen LogP contribution >= 0.6 is 15.6 Å². The van der Waals surface area contributed by atoms with E-state index in [0.717, 1.165) is 0 Å². The first kappa shape index (κ1) is 42.8. The van der Waals surface area contributed by atoms with E-state index >= 15 is 0 Å². The van der Waals surface area contributed by atoms with Crippen LogP contribution in [0.3, 0.4) is 0 Å². The predicted octanol–water partition coefficient (Wildman–Crippen LogP) is -15.8. The van der Waals surface area contributed by atoms with Crippen molar-refractivity contribution in [2.45, 2.75) is 0 Å². The third-order valence-electron chi connectivity index (χ3n) is 0. The molecule has 0 atom stereocenters. The molecule has 0 unspecified atom stereocenters. The van der Waals surface area contributed by atoms with Crippen LogP contribution in [0.15, 0.2) is 0 Å². The van der Waals surface area contributed by atoms with E-state index in [1.165, 1.54) is 0 Å². The molecule has 0 radical (unpaired) electrons. The van der Waals surface area contributed by atoms with Crippen molar-refractivity contribution in [3.05, 3.63) is 0 Å². The maximum atomic E-state index is 8.55. The molecule has 0 aliphatic rings. The van der Waals surface area contributed by atoms with Crippen LogP contribution in [-0.2, 0) is 9.13 Å². The fourth-order valence-corrected chi connectivity index (χ4v) is 0. The number of rotatable bonds is 0. The average molecular weight is 304 g/mol. The largest absolute Gasteiger partial charge is 3.00 e. The fraction of sp³-hybridized carbons (Fsp3) is 0. The number of hydrogen-bond acceptors (Lipinski definition) is 8. The third-order valence-corrected chi connectivity index (χ3v) is 0. The first-order valence-electron chi connectivity index (χ1n) is 1.46. The van der Waals surface area contributed by atoms with E-state index in [2.05, 4.69) is 0 Å². The molecule has 0 fully saturated rings. The molecule has 0 aliphatic carbocycles. The molecule has 0 saturated heterocycles. The molecular weight excluding hydrogens is 302 g/mol. The van der Waals surface area contributed by atoms with Crippen LogP contribution < -0.4 is 118 Å². The zero-order chi connectivity index (χ0) is 9.00. The Labute approximate surface area is 163 Å². The molecule has 0 aliphatic heterocycles. The Balaban J connectivity index is -0.0000000128. The molecular formula is H2AlNa3O9P2. The zero-order valence-corrected chi connectivity index (χ0v) is 17.2. The van der Waals surface area contributed by atoms with Gasteiger partial charge in [0.1, 0.15) is 0 Å². The van der Waals surface area contributed by atoms with Gasteiger partial charge in [0.25, 0.3) is 0 Å². The van der Waals surface area contributed by atoms with Crippen molar-refractivity contribution in [2.24, 2.45) is 0 Å². The first-order valence-corrected chi connectivity index (χ1v) is 4.38. The molecule has 72 valence electrons. The molecule has 0 rings (SSSR count). The second kappa shape index (κ2) is 20.0. The van der Waals surface area contributed by atoms with Gasteiger partial charge in [-0.25, -0.2) is 0 Å². The van der Waals surface area contributed by atoms with Crippen LogP contribution in [-0.4, -0.2) is 22.8 Å². The van der Waals surface area contributed by atoms with Gasteiger partial charge in [0, 0.05) is 0 Å². The normalized spacial score (nSPS) is 7.87. The van der Waals surface area contributed by atoms with E-state index in [9.17, 15) is 0 Å². The molecule has 0 aromatic carbocycles. The summed E-state index contributed by atoms with van der Waals surface area (Å²) in [5, 5.41) is 0. The van der Waals surface area contributed by atoms with Crippen molar-refractivity contribution < 1.29 is 133 Å². The van der Waals surface area contributed by atoms with Crippen molar-refractivity contribution in [3.63, 3.8) is 0 Å². The minimum atomic E-state index is -5.39. The summed E-state index contributed by atoms with van der Waals surface area (Å²) < 4.78 is 17.1. The summed E-state index contributed by atoms with van der Waals surface area (Å²) in [6, 6.07) is 0. The smallest absolute Gasteiger partial charge is 0.822 e. The molecule has 0 heterocycles. The van der Waals surface area contributed by atoms with Gasteiger partial charge in [-0.2, -0.15) is 15.6 Å². The maximum absolute atomic E-state index is 8.55. The van der Waals surface area contributed by atoms with Gasteiger partial charge in [-0.3, -0.25) is 0 Å². The van der Waals surface area contributed by atoms with E-state index in [1.807, 2.05) is 0 Å². The van der Waals surface area contributed by atoms with Crippen LogP contribution in [0.1, 0.15) is 0 Å². The van der Waals surface area contributed by atoms with Crippen molar-refractivity contribution in [1.82, 2.24) is 0 Å². The third kappa shape index (κ3) is 317. The maximum Gasteiger partial charge on any atom is 3.00 e. The van der Waals surface area contributed by atoms with Crippen LogP contribution in [0.4, 0.5) is 0 Å². The summed E-state index contributed by atoms with van der Waals surface area (Å²) in [6.45, 7) is 0. The van der Waals surface area contributed by atoms with Crippen LogP contribution in [0.25, 0.3) is 0 Å². The van der Waals surface area contributed by atoms with E-state index in [0.29, 0.717) is 0 Å². The molecule has 0 bridgehead atoms. The van der Waals surface area contributed by atoms with E-state index in [-0.39, 0.29) is 112 Å². The molecule has 0 aromatic heterocycles. The van der Waals surface area contributed by atoms with Crippen LogP contribution in [0.5, 0.6) is 0 Å². The summed E-state index contributed by atoms with van der Waals surface area (Å²) in [5.41, 5.74) is 0. The van der Waals surface area contributed by atoms with Crippen molar-refractivity contribution in [1.29, 1.82) is 0 Å². The van der Waals surface area contributed by atoms with Gasteiger partial charge < -0.3 is 44.0 Å². The Morgan fingerprint density at radius 1 is 0.600 bits per heavy atom. The summed E-state index contributed by atoms with van der Waals surface area (Å²) in [4.78, 5) is 51.3. The Morgan fingerprint density at radius 3 is 0.600 bits per heavy atom. The quantitative estimate of drug-likeness (QED) is 0.309. The van der Waals surface area contributed by atoms with Gasteiger partial charge in [0.15, 0.2) is 0 Å². The summed E-state index contributed by atoms with van der Waals surface area (Å²) >= 11 is 0. The van der Waals surface area contributed by atoms with Gasteiger partial charge in [-0.05, 0) is 0 Å². The Bertz CT molecular complexity index is 136. The molecule has 0 aromatic rings. The minimum absolute atomic E-state index is 0. The molecule has 9 nitrogen and oxygen atoms in total. The standard InChI is InChI=1S/Al.3Na.2H3O4P.H2O/c;;;;2*1-5(2,3)4;/h;;;;2*(H3,1,2,3,4);1H2/q+3;3*+1;;;/p-6. The fourth-order valence-electron chi connectivity index (χ4n) is 0. The van der Waals surface area contributed by atoms with Crippen molar-refractivity contribution >= 4 is 33.0 Å². The Hall–Kier alpha value is 3.71. The number of hydrogen-bond donors (Lipinski definition) is 0. The monoisotopic (exact) mass is 304 g/mol. The van der Waals surface area contributed by atoms with Crippen LogP contribution in [0.2, 0.25) is 0 Å². The summed E-state index contributed by atoms with van der Waals surface area (Å²) in [7, 11) is -10.8. The van der Waals surface area contributed by atoms with Crippen LogP contribution in [0, 0.1) is 0 Å². The minimum Gasteiger partial charge on any atom is -0.822 e. The second-order valence-corrected chi connectivity index (χ2v) is 2.68. The second-order valence-electron chi connectivity index (χ2n) is 0.894. The Kier molecular flexibility index (Phi) is 57.2. The summed E-state index contributed by atoms with van der Waals surface area (Å²) in [6.07, 6.45) is 0. The first-order chi connectivity index (χ1) is 4.00. The van der Waals surface area contributed by atoms with E-state index < -0.39 is 15.6 Å². The number of phosphoric acid groups is 2. The van der Waals surface area contributed by atoms with Gasteiger partial charge in [0.05, 0.1) is 0 Å². The molecule has 0 spiro atoms. The molecule has 15 heavy (non-hydrogen) atoms. The van der Waals surface area contributed by atoms with E-state index in [4.69, 9.17) is 38.5 Å². The summed E-state index contributed by atoms with van der Waals surface area (Å²) in [5.74, 6) is 0. The van der Waals surface area contributed by atoms with Gasteiger partial charge >= 0.3 is 106 Å². The zero-order valence-electron chi connectivity index (χ0n) is 8.24. The molecule has 15 heteroatoms. The topological polar surface area (TPSA) is 204 Å². The van der Waals surface area contributed by atoms with Gasteiger partial charge in [-0.15, -0.1) is 0 Å². The molecule has 0 amide bonds. The van der Waals surface area contributed by atoms with Crippen molar-refractivity contribution in [3.8, 4) is 0 Å². The average Bonchev–Trinajstić information content (AvgIpc) is 1.12. The van der Waals surface area contributed by atoms with Crippen molar-refractivity contribution in [2.75, 3.05) is 0 Å². The SMILES string of the molecule is O.O=P([O-])([O-])[O-].O=P([O-])([O-])[O-].[Al+3].[Na+].[Na+].[Na+]. The van der Waals surface area contributed by atoms with Gasteiger partial charge in [0.2, 0.25) is 0 Å².